The second-order valence-electron chi connectivity index (χ2n) is 5.33. The van der Waals surface area contributed by atoms with E-state index in [1.54, 1.807) is 0 Å². The van der Waals surface area contributed by atoms with Gasteiger partial charge in [0.05, 0.1) is 5.57 Å². The van der Waals surface area contributed by atoms with Gasteiger partial charge in [-0.1, -0.05) is 24.1 Å². The molecule has 3 aliphatic rings. The fourth-order valence-electron chi connectivity index (χ4n) is 3.63. The number of hydrogen-bond donors (Lipinski definition) is 1. The van der Waals surface area contributed by atoms with Crippen LogP contribution in [0.5, 0.6) is 0 Å². The van der Waals surface area contributed by atoms with Crippen molar-refractivity contribution in [3.05, 3.63) is 34.9 Å². The highest BCUT2D eigenvalue weighted by atomic mass is 16.4. The van der Waals surface area contributed by atoms with Gasteiger partial charge >= 0.3 is 5.97 Å². The number of carbonyl (C=O) groups is 1. The lowest BCUT2D eigenvalue weighted by Crippen LogP contribution is -2.28. The van der Waals surface area contributed by atoms with E-state index < -0.39 is 5.97 Å². The van der Waals surface area contributed by atoms with Crippen LogP contribution in [0.4, 0.5) is 0 Å². The maximum atomic E-state index is 11.3. The summed E-state index contributed by atoms with van der Waals surface area (Å²) in [5.74, 6) is 0.353. The standard InChI is InChI=1S/C15H18O2/c16-15(17)14-9-10-5-1-2-6-11(10)12-7-3-4-8-13(12)14/h4,8-9,11-12H,1-3,5-7H2,(H,16,17). The van der Waals surface area contributed by atoms with Crippen molar-refractivity contribution in [2.75, 3.05) is 0 Å². The van der Waals surface area contributed by atoms with Crippen LogP contribution in [0.25, 0.3) is 0 Å². The summed E-state index contributed by atoms with van der Waals surface area (Å²) in [5, 5.41) is 9.33. The van der Waals surface area contributed by atoms with E-state index in [9.17, 15) is 9.90 Å². The highest BCUT2D eigenvalue weighted by Gasteiger charge is 2.35. The van der Waals surface area contributed by atoms with E-state index in [0.717, 1.165) is 24.8 Å². The fourth-order valence-corrected chi connectivity index (χ4v) is 3.63. The van der Waals surface area contributed by atoms with Gasteiger partial charge in [-0.25, -0.2) is 4.79 Å². The Balaban J connectivity index is 2.08. The predicted octanol–water partition coefficient (Wildman–Crippen LogP) is 3.46. The number of hydrogen-bond acceptors (Lipinski definition) is 1. The normalized spacial score (nSPS) is 31.6. The Morgan fingerprint density at radius 3 is 2.94 bits per heavy atom. The molecule has 0 aliphatic heterocycles. The van der Waals surface area contributed by atoms with Gasteiger partial charge in [0.25, 0.3) is 0 Å². The zero-order valence-electron chi connectivity index (χ0n) is 9.98. The molecule has 2 atom stereocenters. The van der Waals surface area contributed by atoms with Gasteiger partial charge in [-0.2, -0.15) is 0 Å². The molecule has 3 rings (SSSR count). The van der Waals surface area contributed by atoms with E-state index in [1.165, 1.54) is 24.8 Å². The van der Waals surface area contributed by atoms with Gasteiger partial charge < -0.3 is 5.11 Å². The maximum absolute atomic E-state index is 11.3. The van der Waals surface area contributed by atoms with Crippen LogP contribution in [-0.2, 0) is 4.79 Å². The third-order valence-electron chi connectivity index (χ3n) is 4.40. The second-order valence-corrected chi connectivity index (χ2v) is 5.33. The van der Waals surface area contributed by atoms with Crippen LogP contribution < -0.4 is 0 Å². The Labute approximate surface area is 102 Å². The summed E-state index contributed by atoms with van der Waals surface area (Å²) in [6, 6.07) is 0. The second kappa shape index (κ2) is 4.17. The highest BCUT2D eigenvalue weighted by molar-refractivity contribution is 5.92. The molecular weight excluding hydrogens is 212 g/mol. The van der Waals surface area contributed by atoms with Gasteiger partial charge in [0.2, 0.25) is 0 Å². The minimum atomic E-state index is -0.756. The van der Waals surface area contributed by atoms with E-state index in [-0.39, 0.29) is 0 Å². The molecule has 90 valence electrons. The van der Waals surface area contributed by atoms with E-state index in [2.05, 4.69) is 12.2 Å². The summed E-state index contributed by atoms with van der Waals surface area (Å²) in [5.41, 5.74) is 3.04. The summed E-state index contributed by atoms with van der Waals surface area (Å²) in [6.07, 6.45) is 13.3. The van der Waals surface area contributed by atoms with Crippen LogP contribution in [0.3, 0.4) is 0 Å². The average Bonchev–Trinajstić information content (AvgIpc) is 2.37. The minimum Gasteiger partial charge on any atom is -0.478 e. The molecule has 0 saturated heterocycles. The molecule has 0 spiro atoms. The molecule has 0 heterocycles. The van der Waals surface area contributed by atoms with Gasteiger partial charge in [0, 0.05) is 0 Å². The zero-order chi connectivity index (χ0) is 11.8. The van der Waals surface area contributed by atoms with E-state index in [1.807, 2.05) is 6.08 Å². The number of fused-ring (bicyclic) bond motifs is 3. The summed E-state index contributed by atoms with van der Waals surface area (Å²) in [6.45, 7) is 0. The van der Waals surface area contributed by atoms with E-state index in [4.69, 9.17) is 0 Å². The quantitative estimate of drug-likeness (QED) is 0.749. The molecule has 0 aromatic heterocycles. The number of aliphatic carboxylic acids is 1. The lowest BCUT2D eigenvalue weighted by molar-refractivity contribution is -0.132. The molecule has 1 fully saturated rings. The average molecular weight is 230 g/mol. The largest absolute Gasteiger partial charge is 0.478 e. The third-order valence-corrected chi connectivity index (χ3v) is 4.40. The number of allylic oxidation sites excluding steroid dienone is 4. The first-order valence-corrected chi connectivity index (χ1v) is 6.62. The fraction of sp³-hybridized carbons (Fsp3) is 0.533. The van der Waals surface area contributed by atoms with Gasteiger partial charge in [0.15, 0.2) is 0 Å². The molecule has 2 unspecified atom stereocenters. The van der Waals surface area contributed by atoms with Crippen molar-refractivity contribution >= 4 is 5.97 Å². The first kappa shape index (κ1) is 10.8. The van der Waals surface area contributed by atoms with E-state index in [0.29, 0.717) is 17.4 Å². The monoisotopic (exact) mass is 230 g/mol. The van der Waals surface area contributed by atoms with Crippen molar-refractivity contribution in [3.63, 3.8) is 0 Å². The first-order chi connectivity index (χ1) is 8.27. The van der Waals surface area contributed by atoms with E-state index >= 15 is 0 Å². The molecule has 1 N–H and O–H groups in total. The summed E-state index contributed by atoms with van der Waals surface area (Å²) in [4.78, 5) is 11.3. The van der Waals surface area contributed by atoms with Crippen LogP contribution in [-0.4, -0.2) is 11.1 Å². The summed E-state index contributed by atoms with van der Waals surface area (Å²) in [7, 11) is 0. The van der Waals surface area contributed by atoms with Gasteiger partial charge in [-0.3, -0.25) is 0 Å². The maximum Gasteiger partial charge on any atom is 0.335 e. The van der Waals surface area contributed by atoms with Crippen molar-refractivity contribution in [2.24, 2.45) is 11.8 Å². The predicted molar refractivity (Wildman–Crippen MR) is 66.6 cm³/mol. The van der Waals surface area contributed by atoms with Crippen LogP contribution >= 0.6 is 0 Å². The van der Waals surface area contributed by atoms with Crippen LogP contribution in [0.15, 0.2) is 34.9 Å². The smallest absolute Gasteiger partial charge is 0.335 e. The molecule has 0 aromatic carbocycles. The molecule has 2 heteroatoms. The van der Waals surface area contributed by atoms with Crippen LogP contribution in [0.2, 0.25) is 0 Å². The lowest BCUT2D eigenvalue weighted by atomic mass is 9.66. The molecule has 17 heavy (non-hydrogen) atoms. The molecule has 0 bridgehead atoms. The molecule has 0 aromatic rings. The molecule has 3 aliphatic carbocycles. The van der Waals surface area contributed by atoms with Crippen molar-refractivity contribution < 1.29 is 9.90 Å². The number of carboxylic acids is 1. The SMILES string of the molecule is O=C(O)C1=C2C=CCCC2C2CCCCC2=C1. The van der Waals surface area contributed by atoms with Crippen molar-refractivity contribution in [1.29, 1.82) is 0 Å². The number of carboxylic acid groups (broad SMARTS) is 1. The van der Waals surface area contributed by atoms with Crippen molar-refractivity contribution in [3.8, 4) is 0 Å². The molecule has 0 radical (unpaired) electrons. The number of rotatable bonds is 1. The summed E-state index contributed by atoms with van der Waals surface area (Å²) >= 11 is 0. The first-order valence-electron chi connectivity index (χ1n) is 6.62. The van der Waals surface area contributed by atoms with Crippen LogP contribution in [0, 0.1) is 11.8 Å². The zero-order valence-corrected chi connectivity index (χ0v) is 9.98. The van der Waals surface area contributed by atoms with Crippen molar-refractivity contribution in [2.45, 2.75) is 38.5 Å². The van der Waals surface area contributed by atoms with Gasteiger partial charge in [-0.15, -0.1) is 0 Å². The van der Waals surface area contributed by atoms with Crippen molar-refractivity contribution in [1.82, 2.24) is 0 Å². The van der Waals surface area contributed by atoms with Crippen LogP contribution in [0.1, 0.15) is 38.5 Å². The Bertz CT molecular complexity index is 440. The van der Waals surface area contributed by atoms with Gasteiger partial charge in [0.1, 0.15) is 0 Å². The topological polar surface area (TPSA) is 37.3 Å². The Morgan fingerprint density at radius 1 is 1.24 bits per heavy atom. The molecule has 1 saturated carbocycles. The van der Waals surface area contributed by atoms with Gasteiger partial charge in [-0.05, 0) is 55.6 Å². The molecular formula is C15H18O2. The Morgan fingerprint density at radius 2 is 2.12 bits per heavy atom. The highest BCUT2D eigenvalue weighted by Crippen LogP contribution is 2.46. The molecule has 2 nitrogen and oxygen atoms in total. The molecule has 0 amide bonds. The Kier molecular flexibility index (Phi) is 2.65. The third kappa shape index (κ3) is 1.76. The Hall–Kier alpha value is -1.31. The summed E-state index contributed by atoms with van der Waals surface area (Å²) < 4.78 is 0. The minimum absolute atomic E-state index is 0.478. The lowest BCUT2D eigenvalue weighted by Gasteiger charge is -2.38.